The fraction of sp³-hybridized carbons (Fsp3) is 0. The summed E-state index contributed by atoms with van der Waals surface area (Å²) in [6, 6.07) is 20.5. The van der Waals surface area contributed by atoms with Crippen molar-refractivity contribution < 1.29 is 3.83 Å². The van der Waals surface area contributed by atoms with Crippen molar-refractivity contribution in [2.45, 2.75) is 0 Å². The molecule has 0 amide bonds. The van der Waals surface area contributed by atoms with Crippen LogP contribution in [-0.2, 0) is 3.83 Å². The van der Waals surface area contributed by atoms with E-state index in [0.717, 1.165) is 14.5 Å². The summed E-state index contributed by atoms with van der Waals surface area (Å²) in [5.41, 5.74) is 2.34. The van der Waals surface area contributed by atoms with Gasteiger partial charge in [0, 0.05) is 0 Å². The summed E-state index contributed by atoms with van der Waals surface area (Å²) >= 11 is -2.06. The Kier molecular flexibility index (Phi) is 2.05. The predicted molar refractivity (Wildman–Crippen MR) is 75.1 cm³/mol. The molecule has 0 saturated carbocycles. The fourth-order valence-electron chi connectivity index (χ4n) is 2.64. The van der Waals surface area contributed by atoms with E-state index in [0.29, 0.717) is 0 Å². The van der Waals surface area contributed by atoms with Gasteiger partial charge in [-0.1, -0.05) is 0 Å². The summed E-state index contributed by atoms with van der Waals surface area (Å²) in [4.78, 5) is 0. The van der Waals surface area contributed by atoms with Crippen molar-refractivity contribution in [3.8, 4) is 11.1 Å². The van der Waals surface area contributed by atoms with E-state index in [9.17, 15) is 3.83 Å². The molecule has 0 aliphatic carbocycles. The normalized spacial score (nSPS) is 16.6. The molecule has 4 rings (SSSR count). The Morgan fingerprint density at radius 2 is 1.50 bits per heavy atom. The molecule has 0 N–H and O–H groups in total. The molecule has 0 saturated heterocycles. The van der Waals surface area contributed by atoms with Gasteiger partial charge in [0.25, 0.3) is 0 Å². The third-order valence-corrected chi connectivity index (χ3v) is 6.58. The first-order chi connectivity index (χ1) is 8.86. The topological polar surface area (TPSA) is 17.1 Å². The average molecular weight is 297 g/mol. The van der Waals surface area contributed by atoms with Crippen LogP contribution in [-0.4, -0.2) is 13.8 Å². The van der Waals surface area contributed by atoms with Crippen molar-refractivity contribution in [3.63, 3.8) is 0 Å². The first kappa shape index (κ1) is 10.2. The van der Waals surface area contributed by atoms with E-state index in [4.69, 9.17) is 0 Å². The standard InChI is InChI=1S/C16H10OSe/c17-18-14-8-4-3-7-13(14)16-12-6-2-1-5-11(12)9-10-15(16)18/h1-10H. The molecule has 86 valence electrons. The van der Waals surface area contributed by atoms with Crippen LogP contribution in [0.5, 0.6) is 0 Å². The van der Waals surface area contributed by atoms with Crippen LogP contribution in [0.25, 0.3) is 21.9 Å². The van der Waals surface area contributed by atoms with Crippen LogP contribution in [0.15, 0.2) is 60.7 Å². The van der Waals surface area contributed by atoms with E-state index >= 15 is 0 Å². The summed E-state index contributed by atoms with van der Waals surface area (Å²) in [5.74, 6) is 0. The minimum atomic E-state index is -2.06. The predicted octanol–water partition coefficient (Wildman–Crippen LogP) is 2.36. The van der Waals surface area contributed by atoms with Crippen molar-refractivity contribution in [2.75, 3.05) is 0 Å². The molecule has 0 spiro atoms. The average Bonchev–Trinajstić information content (AvgIpc) is 2.73. The number of hydrogen-bond donors (Lipinski definition) is 0. The summed E-state index contributed by atoms with van der Waals surface area (Å²) in [7, 11) is 0. The fourth-order valence-corrected chi connectivity index (χ4v) is 5.59. The van der Waals surface area contributed by atoms with Crippen LogP contribution in [0.4, 0.5) is 0 Å². The van der Waals surface area contributed by atoms with Crippen LogP contribution in [0.3, 0.4) is 0 Å². The van der Waals surface area contributed by atoms with Crippen LogP contribution in [0.1, 0.15) is 0 Å². The molecule has 1 aliphatic rings. The van der Waals surface area contributed by atoms with Crippen LogP contribution >= 0.6 is 0 Å². The van der Waals surface area contributed by atoms with Gasteiger partial charge in [0.15, 0.2) is 0 Å². The number of fused-ring (bicyclic) bond motifs is 5. The molecule has 3 aromatic rings. The van der Waals surface area contributed by atoms with Gasteiger partial charge in [-0.15, -0.1) is 0 Å². The van der Waals surface area contributed by atoms with E-state index in [1.807, 2.05) is 36.4 Å². The van der Waals surface area contributed by atoms with Gasteiger partial charge >= 0.3 is 109 Å². The SMILES string of the molecule is O=[Se]1c2ccccc2-c2c1ccc1ccccc21. The van der Waals surface area contributed by atoms with Gasteiger partial charge < -0.3 is 0 Å². The first-order valence-electron chi connectivity index (χ1n) is 5.89. The second kappa shape index (κ2) is 3.61. The molecule has 18 heavy (non-hydrogen) atoms. The number of rotatable bonds is 0. The van der Waals surface area contributed by atoms with Crippen molar-refractivity contribution in [1.29, 1.82) is 0 Å². The Balaban J connectivity index is 2.23. The quantitative estimate of drug-likeness (QED) is 0.455. The Bertz CT molecular complexity index is 805. The van der Waals surface area contributed by atoms with Crippen molar-refractivity contribution in [2.24, 2.45) is 0 Å². The summed E-state index contributed by atoms with van der Waals surface area (Å²) in [5, 5.41) is 2.43. The molecule has 2 heteroatoms. The van der Waals surface area contributed by atoms with E-state index < -0.39 is 13.8 Å². The van der Waals surface area contributed by atoms with Crippen molar-refractivity contribution in [3.05, 3.63) is 60.7 Å². The minimum absolute atomic E-state index is 1.03. The van der Waals surface area contributed by atoms with Crippen molar-refractivity contribution in [1.82, 2.24) is 0 Å². The molecule has 0 bridgehead atoms. The van der Waals surface area contributed by atoms with Gasteiger partial charge in [-0.25, -0.2) is 0 Å². The molecule has 0 radical (unpaired) electrons. The number of benzene rings is 3. The van der Waals surface area contributed by atoms with Crippen LogP contribution in [0, 0.1) is 0 Å². The number of hydrogen-bond acceptors (Lipinski definition) is 1. The van der Waals surface area contributed by atoms with Crippen LogP contribution in [0.2, 0.25) is 0 Å². The molecule has 1 nitrogen and oxygen atoms in total. The zero-order chi connectivity index (χ0) is 12.1. The molecule has 1 atom stereocenters. The second-order valence-electron chi connectivity index (χ2n) is 4.42. The first-order valence-corrected chi connectivity index (χ1v) is 8.30. The van der Waals surface area contributed by atoms with Gasteiger partial charge in [0.05, 0.1) is 0 Å². The Morgan fingerprint density at radius 1 is 0.722 bits per heavy atom. The molecule has 1 heterocycles. The molecule has 0 fully saturated rings. The molecule has 3 aromatic carbocycles. The Hall–Kier alpha value is -1.76. The van der Waals surface area contributed by atoms with E-state index in [2.05, 4.69) is 24.3 Å². The third-order valence-electron chi connectivity index (χ3n) is 3.45. The second-order valence-corrected chi connectivity index (χ2v) is 7.40. The molecular weight excluding hydrogens is 287 g/mol. The molecule has 0 aromatic heterocycles. The van der Waals surface area contributed by atoms with Gasteiger partial charge in [-0.05, 0) is 0 Å². The molecule has 1 unspecified atom stereocenters. The summed E-state index contributed by atoms with van der Waals surface area (Å²) < 4.78 is 14.6. The maximum absolute atomic E-state index is 12.5. The third kappa shape index (κ3) is 1.22. The zero-order valence-electron chi connectivity index (χ0n) is 9.59. The monoisotopic (exact) mass is 298 g/mol. The van der Waals surface area contributed by atoms with Crippen LogP contribution < -0.4 is 8.92 Å². The zero-order valence-corrected chi connectivity index (χ0v) is 11.3. The van der Waals surface area contributed by atoms with Gasteiger partial charge in [0.1, 0.15) is 0 Å². The van der Waals surface area contributed by atoms with E-state index in [1.54, 1.807) is 0 Å². The maximum atomic E-state index is 12.5. The van der Waals surface area contributed by atoms with E-state index in [-0.39, 0.29) is 0 Å². The van der Waals surface area contributed by atoms with E-state index in [1.165, 1.54) is 16.3 Å². The Labute approximate surface area is 109 Å². The molecule has 1 aliphatic heterocycles. The van der Waals surface area contributed by atoms with Gasteiger partial charge in [-0.3, -0.25) is 0 Å². The summed E-state index contributed by atoms with van der Waals surface area (Å²) in [6.07, 6.45) is 0. The van der Waals surface area contributed by atoms with Crippen molar-refractivity contribution >= 4 is 33.5 Å². The van der Waals surface area contributed by atoms with Gasteiger partial charge in [-0.2, -0.15) is 0 Å². The summed E-state index contributed by atoms with van der Waals surface area (Å²) in [6.45, 7) is 0. The van der Waals surface area contributed by atoms with Gasteiger partial charge in [0.2, 0.25) is 0 Å². The molecular formula is C16H10OSe. The Morgan fingerprint density at radius 3 is 2.44 bits per heavy atom.